The molecule has 0 spiro atoms. The van der Waals surface area contributed by atoms with E-state index in [1.54, 1.807) is 14.0 Å². The number of carbonyl (C=O) groups is 1. The fourth-order valence-corrected chi connectivity index (χ4v) is 3.08. The van der Waals surface area contributed by atoms with Gasteiger partial charge in [0.1, 0.15) is 5.75 Å². The molecule has 3 heteroatoms. The van der Waals surface area contributed by atoms with Crippen molar-refractivity contribution in [3.8, 4) is 5.75 Å². The largest absolute Gasteiger partial charge is 0.496 e. The van der Waals surface area contributed by atoms with Gasteiger partial charge >= 0.3 is 0 Å². The highest BCUT2D eigenvalue weighted by Crippen LogP contribution is 2.56. The molecule has 1 N–H and O–H groups in total. The lowest BCUT2D eigenvalue weighted by molar-refractivity contribution is 0.101. The topological polar surface area (TPSA) is 38.3 Å². The van der Waals surface area contributed by atoms with E-state index in [1.807, 2.05) is 12.1 Å². The summed E-state index contributed by atoms with van der Waals surface area (Å²) in [5.41, 5.74) is 2.30. The maximum Gasteiger partial charge on any atom is 0.163 e. The molecular formula is C14H17NO2. The fourth-order valence-electron chi connectivity index (χ4n) is 3.08. The lowest BCUT2D eigenvalue weighted by Crippen LogP contribution is -2.19. The summed E-state index contributed by atoms with van der Waals surface area (Å²) in [6.45, 7) is 3.75. The summed E-state index contributed by atoms with van der Waals surface area (Å²) in [5, 5.41) is 3.42. The zero-order valence-electron chi connectivity index (χ0n) is 10.2. The Morgan fingerprint density at radius 3 is 2.88 bits per heavy atom. The first-order chi connectivity index (χ1) is 8.17. The first-order valence-electron chi connectivity index (χ1n) is 6.07. The second-order valence-corrected chi connectivity index (χ2v) is 5.16. The molecule has 2 atom stereocenters. The van der Waals surface area contributed by atoms with Crippen molar-refractivity contribution in [2.45, 2.75) is 18.8 Å². The van der Waals surface area contributed by atoms with E-state index in [2.05, 4.69) is 11.4 Å². The number of nitrogens with one attached hydrogen (secondary N) is 1. The van der Waals surface area contributed by atoms with Crippen molar-refractivity contribution in [3.05, 3.63) is 29.3 Å². The van der Waals surface area contributed by atoms with Crippen LogP contribution in [0.1, 0.15) is 29.3 Å². The number of carbonyl (C=O) groups excluding carboxylic acids is 1. The van der Waals surface area contributed by atoms with Crippen LogP contribution >= 0.6 is 0 Å². The van der Waals surface area contributed by atoms with Gasteiger partial charge in [-0.15, -0.1) is 0 Å². The summed E-state index contributed by atoms with van der Waals surface area (Å²) < 4.78 is 5.23. The van der Waals surface area contributed by atoms with E-state index in [0.717, 1.165) is 19.0 Å². The van der Waals surface area contributed by atoms with Gasteiger partial charge in [0, 0.05) is 12.0 Å². The van der Waals surface area contributed by atoms with Gasteiger partial charge in [-0.05, 0) is 43.5 Å². The third kappa shape index (κ3) is 1.49. The van der Waals surface area contributed by atoms with Crippen molar-refractivity contribution in [2.75, 3.05) is 20.2 Å². The molecule has 1 saturated heterocycles. The second-order valence-electron chi connectivity index (χ2n) is 5.16. The van der Waals surface area contributed by atoms with Gasteiger partial charge in [0.05, 0.1) is 12.7 Å². The number of benzene rings is 1. The van der Waals surface area contributed by atoms with Gasteiger partial charge in [-0.2, -0.15) is 0 Å². The lowest BCUT2D eigenvalue weighted by atomic mass is 9.92. The van der Waals surface area contributed by atoms with Crippen LogP contribution in [0, 0.1) is 5.92 Å². The molecule has 0 unspecified atom stereocenters. The van der Waals surface area contributed by atoms with Crippen LogP contribution < -0.4 is 10.1 Å². The number of fused-ring (bicyclic) bond motifs is 1. The van der Waals surface area contributed by atoms with Gasteiger partial charge in [0.2, 0.25) is 0 Å². The van der Waals surface area contributed by atoms with E-state index in [4.69, 9.17) is 4.74 Å². The van der Waals surface area contributed by atoms with Gasteiger partial charge in [0.15, 0.2) is 5.78 Å². The zero-order valence-corrected chi connectivity index (χ0v) is 10.2. The Balaban J connectivity index is 2.02. The van der Waals surface area contributed by atoms with Crippen LogP contribution in [-0.2, 0) is 5.41 Å². The number of hydrogen-bond donors (Lipinski definition) is 1. The highest BCUT2D eigenvalue weighted by molar-refractivity contribution is 5.97. The lowest BCUT2D eigenvalue weighted by Gasteiger charge is -2.15. The third-order valence-electron chi connectivity index (χ3n) is 4.22. The Labute approximate surface area is 101 Å². The predicted molar refractivity (Wildman–Crippen MR) is 65.7 cm³/mol. The highest BCUT2D eigenvalue weighted by Gasteiger charge is 2.58. The second kappa shape index (κ2) is 3.57. The van der Waals surface area contributed by atoms with Crippen LogP contribution in [0.25, 0.3) is 0 Å². The molecule has 1 aliphatic heterocycles. The van der Waals surface area contributed by atoms with Crippen molar-refractivity contribution in [1.82, 2.24) is 5.32 Å². The van der Waals surface area contributed by atoms with E-state index in [-0.39, 0.29) is 5.78 Å². The van der Waals surface area contributed by atoms with Crippen LogP contribution in [0.3, 0.4) is 0 Å². The van der Waals surface area contributed by atoms with Crippen LogP contribution in [0.15, 0.2) is 18.2 Å². The molecular weight excluding hydrogens is 214 g/mol. The average molecular weight is 231 g/mol. The molecule has 2 fully saturated rings. The smallest absolute Gasteiger partial charge is 0.163 e. The molecule has 1 aromatic carbocycles. The number of ketones is 1. The Hall–Kier alpha value is -1.35. The first kappa shape index (κ1) is 10.8. The first-order valence-corrected chi connectivity index (χ1v) is 6.07. The monoisotopic (exact) mass is 231 g/mol. The van der Waals surface area contributed by atoms with Crippen LogP contribution in [0.4, 0.5) is 0 Å². The molecule has 0 bridgehead atoms. The predicted octanol–water partition coefficient (Wildman–Crippen LogP) is 1.76. The normalized spacial score (nSPS) is 29.9. The fraction of sp³-hybridized carbons (Fsp3) is 0.500. The number of hydrogen-bond acceptors (Lipinski definition) is 3. The van der Waals surface area contributed by atoms with Crippen molar-refractivity contribution in [1.29, 1.82) is 0 Å². The Bertz CT molecular complexity index is 483. The zero-order chi connectivity index (χ0) is 12.0. The molecule has 0 amide bonds. The molecule has 2 aliphatic rings. The average Bonchev–Trinajstić information content (AvgIpc) is 2.91. The van der Waals surface area contributed by atoms with E-state index < -0.39 is 0 Å². The van der Waals surface area contributed by atoms with Crippen molar-refractivity contribution in [3.63, 3.8) is 0 Å². The molecule has 1 heterocycles. The number of rotatable bonds is 3. The molecule has 3 rings (SSSR count). The number of piperidine rings is 1. The molecule has 0 aromatic heterocycles. The summed E-state index contributed by atoms with van der Waals surface area (Å²) >= 11 is 0. The Morgan fingerprint density at radius 1 is 1.53 bits per heavy atom. The molecule has 17 heavy (non-hydrogen) atoms. The molecule has 1 aromatic rings. The van der Waals surface area contributed by atoms with E-state index >= 15 is 0 Å². The van der Waals surface area contributed by atoms with Gasteiger partial charge < -0.3 is 10.1 Å². The summed E-state index contributed by atoms with van der Waals surface area (Å²) in [4.78, 5) is 11.6. The van der Waals surface area contributed by atoms with Gasteiger partial charge in [-0.1, -0.05) is 6.07 Å². The van der Waals surface area contributed by atoms with Crippen LogP contribution in [-0.4, -0.2) is 26.0 Å². The van der Waals surface area contributed by atoms with Gasteiger partial charge in [-0.25, -0.2) is 0 Å². The van der Waals surface area contributed by atoms with Gasteiger partial charge in [-0.3, -0.25) is 4.79 Å². The van der Waals surface area contributed by atoms with Crippen LogP contribution in [0.5, 0.6) is 5.75 Å². The number of methoxy groups -OCH3 is 1. The molecule has 3 nitrogen and oxygen atoms in total. The van der Waals surface area contributed by atoms with Crippen LogP contribution in [0.2, 0.25) is 0 Å². The minimum Gasteiger partial charge on any atom is -0.496 e. The summed E-state index contributed by atoms with van der Waals surface area (Å²) in [5.74, 6) is 1.51. The summed E-state index contributed by atoms with van der Waals surface area (Å²) in [6, 6.07) is 6.06. The summed E-state index contributed by atoms with van der Waals surface area (Å²) in [6.07, 6.45) is 1.25. The highest BCUT2D eigenvalue weighted by atomic mass is 16.5. The number of ether oxygens (including phenoxy) is 1. The minimum atomic E-state index is 0.0725. The molecule has 90 valence electrons. The minimum absolute atomic E-state index is 0.0725. The molecule has 1 saturated carbocycles. The number of Topliss-reactive ketones (excluding diaryl/α,β-unsaturated/α-hetero) is 1. The van der Waals surface area contributed by atoms with Crippen molar-refractivity contribution >= 4 is 5.78 Å². The van der Waals surface area contributed by atoms with Crippen molar-refractivity contribution in [2.24, 2.45) is 5.92 Å². The quantitative estimate of drug-likeness (QED) is 0.806. The SMILES string of the molecule is COc1ccc([C@]23CNC[C@H]2C3)cc1C(C)=O. The maximum atomic E-state index is 11.6. The third-order valence-corrected chi connectivity index (χ3v) is 4.22. The van der Waals surface area contributed by atoms with E-state index in [1.165, 1.54) is 12.0 Å². The summed E-state index contributed by atoms with van der Waals surface area (Å²) in [7, 11) is 1.61. The van der Waals surface area contributed by atoms with Crippen molar-refractivity contribution < 1.29 is 9.53 Å². The maximum absolute atomic E-state index is 11.6. The standard InChI is InChI=1S/C14H17NO2/c1-9(16)12-5-10(3-4-13(12)17-2)14-6-11(14)7-15-8-14/h3-5,11,15H,6-8H2,1-2H3/t11-,14+/m1/s1. The van der Waals surface area contributed by atoms with Gasteiger partial charge in [0.25, 0.3) is 0 Å². The molecule has 1 aliphatic carbocycles. The Morgan fingerprint density at radius 2 is 2.35 bits per heavy atom. The van der Waals surface area contributed by atoms with E-state index in [0.29, 0.717) is 16.7 Å². The molecule has 0 radical (unpaired) electrons. The van der Waals surface area contributed by atoms with E-state index in [9.17, 15) is 4.79 Å². The Kier molecular flexibility index (Phi) is 2.26.